The highest BCUT2D eigenvalue weighted by Gasteiger charge is 2.43. The van der Waals surface area contributed by atoms with Gasteiger partial charge in [-0.1, -0.05) is 36.4 Å². The second-order valence-corrected chi connectivity index (χ2v) is 11.7. The predicted octanol–water partition coefficient (Wildman–Crippen LogP) is 2.40. The number of methoxy groups -OCH3 is 1. The number of carbonyl (C=O) groups excluding carboxylic acids is 1. The molecule has 11 heteroatoms. The van der Waals surface area contributed by atoms with Crippen LogP contribution in [-0.4, -0.2) is 64.1 Å². The number of hydrogen-bond donors (Lipinski definition) is 1. The lowest BCUT2D eigenvalue weighted by Crippen LogP contribution is -2.60. The maximum absolute atomic E-state index is 13.4. The molecule has 9 nitrogen and oxygen atoms in total. The Labute approximate surface area is 205 Å². The quantitative estimate of drug-likeness (QED) is 0.517. The Morgan fingerprint density at radius 3 is 1.89 bits per heavy atom. The first kappa shape index (κ1) is 24.9. The molecule has 1 saturated heterocycles. The molecule has 184 valence electrons. The summed E-state index contributed by atoms with van der Waals surface area (Å²) in [6.07, 6.45) is 0. The zero-order chi connectivity index (χ0) is 25.1. The summed E-state index contributed by atoms with van der Waals surface area (Å²) in [5.74, 6) is -0.0447. The van der Waals surface area contributed by atoms with E-state index in [0.717, 1.165) is 8.61 Å². The molecule has 3 aromatic rings. The van der Waals surface area contributed by atoms with Crippen LogP contribution in [0.4, 0.5) is 5.69 Å². The monoisotopic (exact) mass is 515 g/mol. The van der Waals surface area contributed by atoms with Crippen molar-refractivity contribution in [3.63, 3.8) is 0 Å². The average molecular weight is 516 g/mol. The van der Waals surface area contributed by atoms with Gasteiger partial charge in [-0.05, 0) is 48.5 Å². The molecule has 1 aliphatic rings. The van der Waals surface area contributed by atoms with Crippen LogP contribution >= 0.6 is 0 Å². The number of piperazine rings is 1. The summed E-state index contributed by atoms with van der Waals surface area (Å²) in [5, 5.41) is 2.71. The normalized spacial score (nSPS) is 17.6. The fourth-order valence-corrected chi connectivity index (χ4v) is 6.88. The van der Waals surface area contributed by atoms with Crippen LogP contribution in [0.3, 0.4) is 0 Å². The van der Waals surface area contributed by atoms with Crippen molar-refractivity contribution in [3.05, 3.63) is 84.9 Å². The lowest BCUT2D eigenvalue weighted by molar-refractivity contribution is -0.120. The van der Waals surface area contributed by atoms with Gasteiger partial charge >= 0.3 is 0 Å². The highest BCUT2D eigenvalue weighted by molar-refractivity contribution is 7.89. The van der Waals surface area contributed by atoms with Gasteiger partial charge in [-0.25, -0.2) is 16.8 Å². The number of carbonyl (C=O) groups is 1. The van der Waals surface area contributed by atoms with E-state index in [1.165, 1.54) is 31.4 Å². The lowest BCUT2D eigenvalue weighted by atomic mass is 10.2. The lowest BCUT2D eigenvalue weighted by Gasteiger charge is -2.38. The fraction of sp³-hybridized carbons (Fsp3) is 0.208. The van der Waals surface area contributed by atoms with Gasteiger partial charge < -0.3 is 10.1 Å². The van der Waals surface area contributed by atoms with Gasteiger partial charge in [0.1, 0.15) is 11.8 Å². The van der Waals surface area contributed by atoms with Crippen molar-refractivity contribution < 1.29 is 26.4 Å². The second kappa shape index (κ2) is 10.2. The Morgan fingerprint density at radius 1 is 0.800 bits per heavy atom. The van der Waals surface area contributed by atoms with E-state index in [1.807, 2.05) is 0 Å². The molecule has 0 bridgehead atoms. The van der Waals surface area contributed by atoms with Gasteiger partial charge in [0.15, 0.2) is 0 Å². The molecule has 0 spiro atoms. The van der Waals surface area contributed by atoms with E-state index in [4.69, 9.17) is 4.74 Å². The molecular weight excluding hydrogens is 490 g/mol. The third kappa shape index (κ3) is 5.22. The molecule has 0 saturated carbocycles. The van der Waals surface area contributed by atoms with Crippen LogP contribution in [0.25, 0.3) is 0 Å². The molecular formula is C24H25N3O6S2. The SMILES string of the molecule is COc1ccc(NC(=O)C2CN(S(=O)(=O)c3ccccc3)CCN2S(=O)(=O)c2ccccc2)cc1. The summed E-state index contributed by atoms with van der Waals surface area (Å²) in [7, 11) is -6.47. The van der Waals surface area contributed by atoms with E-state index in [2.05, 4.69) is 5.32 Å². The number of anilines is 1. The number of nitrogens with one attached hydrogen (secondary N) is 1. The molecule has 1 heterocycles. The fourth-order valence-electron chi connectivity index (χ4n) is 3.83. The van der Waals surface area contributed by atoms with Gasteiger partial charge in [0, 0.05) is 25.3 Å². The molecule has 1 aliphatic heterocycles. The van der Waals surface area contributed by atoms with E-state index < -0.39 is 32.0 Å². The third-order valence-corrected chi connectivity index (χ3v) is 9.49. The molecule has 0 radical (unpaired) electrons. The Kier molecular flexibility index (Phi) is 7.22. The summed E-state index contributed by atoms with van der Waals surface area (Å²) in [4.78, 5) is 13.5. The summed E-state index contributed by atoms with van der Waals surface area (Å²) in [5.41, 5.74) is 0.427. The van der Waals surface area contributed by atoms with Crippen molar-refractivity contribution in [1.82, 2.24) is 8.61 Å². The maximum atomic E-state index is 13.4. The molecule has 35 heavy (non-hydrogen) atoms. The van der Waals surface area contributed by atoms with Crippen molar-refractivity contribution in [2.75, 3.05) is 32.1 Å². The minimum atomic E-state index is -4.06. The molecule has 0 aliphatic carbocycles. The molecule has 1 fully saturated rings. The van der Waals surface area contributed by atoms with Gasteiger partial charge in [-0.15, -0.1) is 0 Å². The van der Waals surface area contributed by atoms with Crippen molar-refractivity contribution >= 4 is 31.6 Å². The van der Waals surface area contributed by atoms with E-state index in [1.54, 1.807) is 60.7 Å². The Bertz CT molecular complexity index is 1380. The molecule has 1 N–H and O–H groups in total. The number of amides is 1. The highest BCUT2D eigenvalue weighted by Crippen LogP contribution is 2.26. The van der Waals surface area contributed by atoms with Crippen LogP contribution in [0, 0.1) is 0 Å². The van der Waals surface area contributed by atoms with Crippen LogP contribution in [0.5, 0.6) is 5.75 Å². The molecule has 4 rings (SSSR count). The Morgan fingerprint density at radius 2 is 1.34 bits per heavy atom. The predicted molar refractivity (Wildman–Crippen MR) is 131 cm³/mol. The van der Waals surface area contributed by atoms with Crippen LogP contribution in [0.15, 0.2) is 94.7 Å². The van der Waals surface area contributed by atoms with Crippen molar-refractivity contribution in [2.45, 2.75) is 15.8 Å². The number of sulfonamides is 2. The molecule has 1 atom stereocenters. The summed E-state index contributed by atoms with van der Waals surface area (Å²) in [6.45, 7) is -0.592. The molecule has 1 amide bonds. The number of nitrogens with zero attached hydrogens (tertiary/aromatic N) is 2. The number of benzene rings is 3. The van der Waals surface area contributed by atoms with Gasteiger partial charge in [-0.3, -0.25) is 4.79 Å². The van der Waals surface area contributed by atoms with Gasteiger partial charge in [-0.2, -0.15) is 8.61 Å². The summed E-state index contributed by atoms with van der Waals surface area (Å²) in [6, 6.07) is 20.9. The largest absolute Gasteiger partial charge is 0.497 e. The topological polar surface area (TPSA) is 113 Å². The first-order chi connectivity index (χ1) is 16.7. The first-order valence-electron chi connectivity index (χ1n) is 10.8. The smallest absolute Gasteiger partial charge is 0.244 e. The van der Waals surface area contributed by atoms with Gasteiger partial charge in [0.05, 0.1) is 16.9 Å². The van der Waals surface area contributed by atoms with Gasteiger partial charge in [0.2, 0.25) is 26.0 Å². The van der Waals surface area contributed by atoms with Crippen molar-refractivity contribution in [3.8, 4) is 5.75 Å². The summed E-state index contributed by atoms with van der Waals surface area (Å²) < 4.78 is 60.6. The zero-order valence-electron chi connectivity index (χ0n) is 18.9. The number of hydrogen-bond acceptors (Lipinski definition) is 6. The van der Waals surface area contributed by atoms with Crippen molar-refractivity contribution in [2.24, 2.45) is 0 Å². The van der Waals surface area contributed by atoms with E-state index in [-0.39, 0.29) is 29.4 Å². The molecule has 1 unspecified atom stereocenters. The van der Waals surface area contributed by atoms with Crippen LogP contribution < -0.4 is 10.1 Å². The van der Waals surface area contributed by atoms with Gasteiger partial charge in [0.25, 0.3) is 0 Å². The van der Waals surface area contributed by atoms with E-state index >= 15 is 0 Å². The zero-order valence-corrected chi connectivity index (χ0v) is 20.6. The number of ether oxygens (including phenoxy) is 1. The minimum Gasteiger partial charge on any atom is -0.497 e. The second-order valence-electron chi connectivity index (χ2n) is 7.84. The Hall–Kier alpha value is -3.25. The Balaban J connectivity index is 1.67. The van der Waals surface area contributed by atoms with E-state index in [0.29, 0.717) is 11.4 Å². The minimum absolute atomic E-state index is 0.0293. The maximum Gasteiger partial charge on any atom is 0.244 e. The highest BCUT2D eigenvalue weighted by atomic mass is 32.2. The van der Waals surface area contributed by atoms with Crippen LogP contribution in [-0.2, 0) is 24.8 Å². The van der Waals surface area contributed by atoms with Crippen LogP contribution in [0.1, 0.15) is 0 Å². The standard InChI is InChI=1S/C24H25N3O6S2/c1-33-20-14-12-19(13-15-20)25-24(28)23-18-26(34(29,30)21-8-4-2-5-9-21)16-17-27(23)35(31,32)22-10-6-3-7-11-22/h2-15,23H,16-18H2,1H3,(H,25,28). The molecule has 0 aromatic heterocycles. The van der Waals surface area contributed by atoms with E-state index in [9.17, 15) is 21.6 Å². The average Bonchev–Trinajstić information content (AvgIpc) is 2.89. The van der Waals surface area contributed by atoms with Crippen LogP contribution in [0.2, 0.25) is 0 Å². The first-order valence-corrected chi connectivity index (χ1v) is 13.7. The molecule has 3 aromatic carbocycles. The van der Waals surface area contributed by atoms with Crippen molar-refractivity contribution in [1.29, 1.82) is 0 Å². The summed E-state index contributed by atoms with van der Waals surface area (Å²) >= 11 is 0. The third-order valence-electron chi connectivity index (χ3n) is 5.68. The number of rotatable bonds is 7.